The Morgan fingerprint density at radius 3 is 2.52 bits per heavy atom. The fourth-order valence-electron chi connectivity index (χ4n) is 2.31. The zero-order chi connectivity index (χ0) is 19.8. The summed E-state index contributed by atoms with van der Waals surface area (Å²) in [6.45, 7) is 1.50. The minimum atomic E-state index is -4.21. The van der Waals surface area contributed by atoms with Crippen molar-refractivity contribution in [2.24, 2.45) is 0 Å². The largest absolute Gasteiger partial charge is 0.287 e. The molecule has 0 aliphatic rings. The van der Waals surface area contributed by atoms with Crippen LogP contribution in [0.5, 0.6) is 0 Å². The molecule has 1 N–H and O–H groups in total. The molecule has 3 aromatic rings. The highest BCUT2D eigenvalue weighted by Gasteiger charge is 2.25. The van der Waals surface area contributed by atoms with Crippen molar-refractivity contribution in [1.82, 2.24) is 19.7 Å². The first kappa shape index (κ1) is 19.3. The molecular weight excluding hydrogens is 418 g/mol. The molecule has 0 fully saturated rings. The van der Waals surface area contributed by atoms with Crippen LogP contribution in [0.15, 0.2) is 47.4 Å². The summed E-state index contributed by atoms with van der Waals surface area (Å²) in [5.74, 6) is -1.53. The summed E-state index contributed by atoms with van der Waals surface area (Å²) in [4.78, 5) is 12.2. The van der Waals surface area contributed by atoms with E-state index in [1.807, 2.05) is 4.72 Å². The lowest BCUT2D eigenvalue weighted by Crippen LogP contribution is -2.31. The van der Waals surface area contributed by atoms with E-state index in [1.165, 1.54) is 41.9 Å². The Kier molecular flexibility index (Phi) is 5.18. The summed E-state index contributed by atoms with van der Waals surface area (Å²) in [5, 5.41) is 7.53. The molecule has 140 valence electrons. The van der Waals surface area contributed by atoms with Gasteiger partial charge in [-0.3, -0.25) is 4.79 Å². The highest BCUT2D eigenvalue weighted by molar-refractivity contribution is 7.90. The van der Waals surface area contributed by atoms with E-state index in [1.54, 1.807) is 6.07 Å². The van der Waals surface area contributed by atoms with Gasteiger partial charge in [-0.25, -0.2) is 22.2 Å². The monoisotopic (exact) mass is 428 g/mol. The number of halogens is 3. The second-order valence-corrected chi connectivity index (χ2v) is 7.86. The van der Waals surface area contributed by atoms with Gasteiger partial charge in [0.1, 0.15) is 10.7 Å². The van der Waals surface area contributed by atoms with Gasteiger partial charge in [-0.05, 0) is 37.3 Å². The Bertz CT molecular complexity index is 1150. The predicted molar refractivity (Wildman–Crippen MR) is 97.2 cm³/mol. The van der Waals surface area contributed by atoms with Crippen LogP contribution < -0.4 is 4.72 Å². The lowest BCUT2D eigenvalue weighted by atomic mass is 10.3. The van der Waals surface area contributed by atoms with Crippen molar-refractivity contribution in [1.29, 1.82) is 0 Å². The quantitative estimate of drug-likeness (QED) is 0.688. The van der Waals surface area contributed by atoms with Gasteiger partial charge < -0.3 is 0 Å². The second kappa shape index (κ2) is 7.26. The third-order valence-electron chi connectivity index (χ3n) is 3.60. The Morgan fingerprint density at radius 2 is 1.85 bits per heavy atom. The number of carbonyl (C=O) groups is 1. The Hall–Kier alpha value is -2.49. The fraction of sp³-hybridized carbons (Fsp3) is 0.0625. The van der Waals surface area contributed by atoms with Gasteiger partial charge in [0, 0.05) is 0 Å². The lowest BCUT2D eigenvalue weighted by molar-refractivity contribution is 0.0976. The molecule has 3 rings (SSSR count). The molecule has 0 bridgehead atoms. The fourth-order valence-corrected chi connectivity index (χ4v) is 4.03. The number of benzene rings is 2. The molecule has 0 aliphatic carbocycles. The maximum absolute atomic E-state index is 13.2. The van der Waals surface area contributed by atoms with Crippen LogP contribution >= 0.6 is 23.2 Å². The lowest BCUT2D eigenvalue weighted by Gasteiger charge is -2.08. The molecule has 0 saturated heterocycles. The van der Waals surface area contributed by atoms with E-state index in [4.69, 9.17) is 23.2 Å². The summed E-state index contributed by atoms with van der Waals surface area (Å²) in [7, 11) is -4.21. The van der Waals surface area contributed by atoms with Gasteiger partial charge in [0.2, 0.25) is 0 Å². The average Bonchev–Trinajstić information content (AvgIpc) is 2.96. The van der Waals surface area contributed by atoms with Crippen LogP contribution in [0.1, 0.15) is 16.2 Å². The average molecular weight is 429 g/mol. The van der Waals surface area contributed by atoms with Crippen molar-refractivity contribution >= 4 is 39.1 Å². The van der Waals surface area contributed by atoms with E-state index in [0.717, 1.165) is 6.07 Å². The SMILES string of the molecule is Cc1c(C(=O)NS(=O)(=O)c2ccccc2Cl)nnn1-c1ccc(F)cc1Cl. The van der Waals surface area contributed by atoms with Crippen LogP contribution in [0, 0.1) is 12.7 Å². The van der Waals surface area contributed by atoms with E-state index in [9.17, 15) is 17.6 Å². The highest BCUT2D eigenvalue weighted by atomic mass is 35.5. The molecule has 27 heavy (non-hydrogen) atoms. The zero-order valence-corrected chi connectivity index (χ0v) is 16.0. The van der Waals surface area contributed by atoms with E-state index in [0.29, 0.717) is 0 Å². The van der Waals surface area contributed by atoms with Crippen LogP contribution in [-0.2, 0) is 10.0 Å². The molecule has 0 radical (unpaired) electrons. The molecule has 0 spiro atoms. The number of amides is 1. The minimum Gasteiger partial charge on any atom is -0.266 e. The summed E-state index contributed by atoms with van der Waals surface area (Å²) < 4.78 is 41.1. The second-order valence-electron chi connectivity index (χ2n) is 5.40. The van der Waals surface area contributed by atoms with E-state index >= 15 is 0 Å². The van der Waals surface area contributed by atoms with Crippen molar-refractivity contribution in [3.8, 4) is 5.69 Å². The third kappa shape index (κ3) is 3.80. The number of hydrogen-bond donors (Lipinski definition) is 1. The molecule has 7 nitrogen and oxygen atoms in total. The van der Waals surface area contributed by atoms with Crippen LogP contribution in [-0.4, -0.2) is 29.3 Å². The molecule has 0 atom stereocenters. The predicted octanol–water partition coefficient (Wildman–Crippen LogP) is 3.14. The standard InChI is InChI=1S/C16H11Cl2FN4O3S/c1-9-15(20-22-23(9)13-7-6-10(19)8-12(13)18)16(24)21-27(25,26)14-5-3-2-4-11(14)17/h2-8H,1H3,(H,21,24). The maximum atomic E-state index is 13.2. The van der Waals surface area contributed by atoms with E-state index in [2.05, 4.69) is 10.3 Å². The van der Waals surface area contributed by atoms with Crippen molar-refractivity contribution in [3.05, 3.63) is 69.7 Å². The van der Waals surface area contributed by atoms with Gasteiger partial charge in [0.05, 0.1) is 21.4 Å². The normalized spacial score (nSPS) is 11.4. The number of sulfonamides is 1. The van der Waals surface area contributed by atoms with Gasteiger partial charge in [0.15, 0.2) is 5.69 Å². The Balaban J connectivity index is 1.93. The summed E-state index contributed by atoms with van der Waals surface area (Å²) in [5.41, 5.74) is 0.275. The van der Waals surface area contributed by atoms with Crippen LogP contribution in [0.3, 0.4) is 0 Å². The highest BCUT2D eigenvalue weighted by Crippen LogP contribution is 2.23. The Morgan fingerprint density at radius 1 is 1.15 bits per heavy atom. The molecule has 2 aromatic carbocycles. The topological polar surface area (TPSA) is 93.9 Å². The van der Waals surface area contributed by atoms with Gasteiger partial charge >= 0.3 is 0 Å². The first-order valence-electron chi connectivity index (χ1n) is 7.40. The summed E-state index contributed by atoms with van der Waals surface area (Å²) in [6.07, 6.45) is 0. The van der Waals surface area contributed by atoms with Crippen molar-refractivity contribution in [3.63, 3.8) is 0 Å². The van der Waals surface area contributed by atoms with E-state index in [-0.39, 0.29) is 32.0 Å². The van der Waals surface area contributed by atoms with Crippen molar-refractivity contribution in [2.75, 3.05) is 0 Å². The number of nitrogens with zero attached hydrogens (tertiary/aromatic N) is 3. The first-order valence-corrected chi connectivity index (χ1v) is 9.64. The van der Waals surface area contributed by atoms with E-state index < -0.39 is 21.7 Å². The smallest absolute Gasteiger partial charge is 0.266 e. The molecule has 0 aliphatic heterocycles. The van der Waals surface area contributed by atoms with Gasteiger partial charge in [-0.15, -0.1) is 5.10 Å². The molecular formula is C16H11Cl2FN4O3S. The molecule has 0 saturated carbocycles. The first-order chi connectivity index (χ1) is 12.7. The summed E-state index contributed by atoms with van der Waals surface area (Å²) >= 11 is 11.9. The van der Waals surface area contributed by atoms with Crippen molar-refractivity contribution in [2.45, 2.75) is 11.8 Å². The molecule has 0 unspecified atom stereocenters. The number of rotatable bonds is 4. The maximum Gasteiger partial charge on any atom is 0.287 e. The Labute approximate surface area is 163 Å². The number of aromatic nitrogens is 3. The number of nitrogens with one attached hydrogen (secondary N) is 1. The molecule has 1 aromatic heterocycles. The number of carbonyl (C=O) groups excluding carboxylic acids is 1. The molecule has 1 heterocycles. The van der Waals surface area contributed by atoms with Crippen molar-refractivity contribution < 1.29 is 17.6 Å². The number of hydrogen-bond acceptors (Lipinski definition) is 5. The van der Waals surface area contributed by atoms with Gasteiger partial charge in [0.25, 0.3) is 15.9 Å². The molecule has 11 heteroatoms. The van der Waals surface area contributed by atoms with Crippen LogP contribution in [0.4, 0.5) is 4.39 Å². The van der Waals surface area contributed by atoms with Gasteiger partial charge in [-0.1, -0.05) is 40.5 Å². The van der Waals surface area contributed by atoms with Crippen LogP contribution in [0.25, 0.3) is 5.69 Å². The minimum absolute atomic E-state index is 0.0312. The third-order valence-corrected chi connectivity index (χ3v) is 5.73. The summed E-state index contributed by atoms with van der Waals surface area (Å²) in [6, 6.07) is 9.30. The zero-order valence-electron chi connectivity index (χ0n) is 13.6. The van der Waals surface area contributed by atoms with Gasteiger partial charge in [-0.2, -0.15) is 0 Å². The van der Waals surface area contributed by atoms with Crippen LogP contribution in [0.2, 0.25) is 10.0 Å². The molecule has 1 amide bonds.